The standard InChI is InChI=1S/2C17H28N2O2.C16H25N3O2.C16H25N3O.C16H27N3.C16H26N2O.C16H24N2O/c1-15(2,3)17(21)8-10-19(11-9-17)14-7-6-13(12-18-14)16(4,5)20;1-15(2,3)19-10-8-17(21,9-11-19)14-7-6-13(12-18-14)16(4,5)20;1-15(2,3)19-9-8-18(11-14(19)20)13-7-6-12(10-17-13)16(4,5)21;1-13-6-5-7-14(12-13)17-15(20)18-8-10-19(11-9-18)16(2,3)4;1-13(2)14-6-7-15(17-12-14)18-8-10-19(11-9-18)16(3,4)5;1-12-10-13(2)17-14(11-12)16(19)6-8-18(9-7-16)15(3,4)5;1-16(2,3)18-11-9-17(10-12-18)15(19)13-14-7-5-4-6-8-14/h2*6-7,12,20-21H,8-11H2,1-5H3;6-7,10,21H,8-9,11H2,1-5H3;5-7,12H,8-11H2,1-4H3,(H,17,20);6-7,12-13H,8-11H2,1-5H3;10-11,19H,6-9H2,1-5H3;4-8H,9-13H2,1-3H3. The zero-order chi connectivity index (χ0) is 105. The molecule has 4 amide bonds. The molecule has 7 aliphatic heterocycles. The third kappa shape index (κ3) is 34.8. The van der Waals surface area contributed by atoms with Gasteiger partial charge in [-0.25, -0.2) is 19.7 Å². The number of likely N-dealkylation sites (tertiary alicyclic amines) is 2. The van der Waals surface area contributed by atoms with Crippen molar-refractivity contribution in [2.75, 3.05) is 157 Å². The molecule has 14 rings (SSSR count). The number of rotatable bonds is 12. The normalized spacial score (nSPS) is 18.7. The lowest BCUT2D eigenvalue weighted by Gasteiger charge is -2.46. The molecule has 7 saturated heterocycles. The second-order valence-corrected chi connectivity index (χ2v) is 48.8. The minimum Gasteiger partial charge on any atom is -0.389 e. The van der Waals surface area contributed by atoms with Crippen molar-refractivity contribution in [2.45, 2.75) is 339 Å². The summed E-state index contributed by atoms with van der Waals surface area (Å²) in [4.78, 5) is 83.8. The largest absolute Gasteiger partial charge is 0.389 e. The van der Waals surface area contributed by atoms with Gasteiger partial charge >= 0.3 is 6.03 Å². The fourth-order valence-corrected chi connectivity index (χ4v) is 18.6. The summed E-state index contributed by atoms with van der Waals surface area (Å²) in [6.45, 7) is 85.4. The van der Waals surface area contributed by atoms with E-state index < -0.39 is 33.6 Å². The van der Waals surface area contributed by atoms with Crippen molar-refractivity contribution in [2.24, 2.45) is 5.41 Å². The number of nitrogens with one attached hydrogen (secondary N) is 1. The number of benzene rings is 2. The zero-order valence-corrected chi connectivity index (χ0v) is 92.2. The number of carbonyl (C=O) groups excluding carboxylic acids is 3. The van der Waals surface area contributed by atoms with Crippen LogP contribution < -0.4 is 20.0 Å². The Balaban J connectivity index is 0.000000200. The summed E-state index contributed by atoms with van der Waals surface area (Å²) in [5, 5.41) is 65.3. The summed E-state index contributed by atoms with van der Waals surface area (Å²) in [5.41, 5.74) is 6.40. The van der Waals surface area contributed by atoms with Crippen LogP contribution in [0, 0.1) is 26.2 Å². The van der Waals surface area contributed by atoms with E-state index in [4.69, 9.17) is 0 Å². The van der Waals surface area contributed by atoms with Gasteiger partial charge < -0.3 is 65.4 Å². The van der Waals surface area contributed by atoms with Gasteiger partial charge in [0.05, 0.1) is 46.8 Å². The summed E-state index contributed by atoms with van der Waals surface area (Å²) < 4.78 is 0. The molecule has 7 N–H and O–H groups in total. The second-order valence-electron chi connectivity index (χ2n) is 48.8. The lowest BCUT2D eigenvalue weighted by atomic mass is 9.71. The van der Waals surface area contributed by atoms with Crippen LogP contribution in [0.4, 0.5) is 27.9 Å². The number of piperazine rings is 4. The first kappa shape index (κ1) is 117. The van der Waals surface area contributed by atoms with Crippen molar-refractivity contribution in [1.82, 2.24) is 64.1 Å². The van der Waals surface area contributed by atoms with E-state index in [0.717, 1.165) is 212 Å². The second kappa shape index (κ2) is 47.9. The minimum absolute atomic E-state index is 0.00385. The number of anilines is 4. The molecule has 0 radical (unpaired) electrons. The maximum atomic E-state index is 12.3. The molecule has 12 heterocycles. The highest BCUT2D eigenvalue weighted by atomic mass is 16.3. The monoisotopic (exact) mass is 1930 g/mol. The Morgan fingerprint density at radius 1 is 0.379 bits per heavy atom. The van der Waals surface area contributed by atoms with Crippen molar-refractivity contribution in [3.05, 3.63) is 196 Å². The van der Waals surface area contributed by atoms with Crippen LogP contribution in [0.25, 0.3) is 0 Å². The summed E-state index contributed by atoms with van der Waals surface area (Å²) in [5.74, 6) is 3.75. The predicted molar refractivity (Wildman–Crippen MR) is 574 cm³/mol. The number of piperidine rings is 3. The molecule has 0 spiro atoms. The van der Waals surface area contributed by atoms with Gasteiger partial charge in [0.25, 0.3) is 0 Å². The van der Waals surface area contributed by atoms with Crippen LogP contribution in [0.5, 0.6) is 0 Å². The van der Waals surface area contributed by atoms with Gasteiger partial charge in [0, 0.05) is 217 Å². The first-order chi connectivity index (χ1) is 64.5. The highest BCUT2D eigenvalue weighted by Crippen LogP contribution is 2.41. The van der Waals surface area contributed by atoms with E-state index in [1.165, 1.54) is 11.1 Å². The molecule has 26 nitrogen and oxygen atoms in total. The zero-order valence-electron chi connectivity index (χ0n) is 92.2. The topological polar surface area (TPSA) is 285 Å². The highest BCUT2D eigenvalue weighted by molar-refractivity contribution is 5.89. The summed E-state index contributed by atoms with van der Waals surface area (Å²) in [7, 11) is 0. The molecule has 5 aromatic heterocycles. The van der Waals surface area contributed by atoms with Gasteiger partial charge in [-0.2, -0.15) is 0 Å². The van der Waals surface area contributed by atoms with E-state index in [1.54, 1.807) is 60.1 Å². The Bertz CT molecular complexity index is 4940. The van der Waals surface area contributed by atoms with Crippen molar-refractivity contribution >= 4 is 41.0 Å². The maximum absolute atomic E-state index is 12.3. The third-order valence-electron chi connectivity index (χ3n) is 28.7. The van der Waals surface area contributed by atoms with Crippen molar-refractivity contribution in [3.63, 3.8) is 0 Å². The summed E-state index contributed by atoms with van der Waals surface area (Å²) >= 11 is 0. The average molecular weight is 1940 g/mol. The first-order valence-electron chi connectivity index (χ1n) is 51.5. The summed E-state index contributed by atoms with van der Waals surface area (Å²) in [6.07, 6.45) is 12.1. The fourth-order valence-electron chi connectivity index (χ4n) is 18.6. The van der Waals surface area contributed by atoms with Gasteiger partial charge in [-0.15, -0.1) is 0 Å². The van der Waals surface area contributed by atoms with Crippen LogP contribution in [0.3, 0.4) is 0 Å². The van der Waals surface area contributed by atoms with Crippen LogP contribution in [-0.4, -0.2) is 289 Å². The van der Waals surface area contributed by atoms with Crippen LogP contribution in [0.15, 0.2) is 140 Å². The predicted octanol–water partition coefficient (Wildman–Crippen LogP) is 17.9. The number of carbonyl (C=O) groups is 3. The van der Waals surface area contributed by atoms with E-state index in [9.17, 15) is 45.0 Å². The van der Waals surface area contributed by atoms with Gasteiger partial charge in [-0.3, -0.25) is 44.1 Å². The molecule has 0 atom stereocenters. The van der Waals surface area contributed by atoms with Crippen molar-refractivity contribution < 1.29 is 45.0 Å². The molecule has 7 aromatic rings. The number of aryl methyl sites for hydroxylation is 3. The lowest BCUT2D eigenvalue weighted by Crippen LogP contribution is -2.57. The smallest absolute Gasteiger partial charge is 0.321 e. The SMILES string of the molecule is CC(C)(C)N1CCN(C(=O)Cc2ccccc2)CC1.CC(C)(O)c1ccc(C2(O)CCN(C(C)(C)C)CC2)nc1.CC(C)(O)c1ccc(N2CCC(O)(C(C)(C)C)CC2)nc1.CC(C)(O)c1ccc(N2CCN(C(C)(C)C)C(=O)C2)nc1.CC(C)c1ccc(N2CCN(C(C)(C)C)CC2)nc1.Cc1cc(C)nc(C2(O)CCN(C(C)(C)C)CC2)c1.Cc1cccc(NC(=O)N2CCN(C(C)(C)C)CC2)c1. The molecule has 0 bridgehead atoms. The summed E-state index contributed by atoms with van der Waals surface area (Å²) in [6, 6.07) is 37.7. The van der Waals surface area contributed by atoms with E-state index in [0.29, 0.717) is 44.0 Å². The average Bonchev–Trinajstić information content (AvgIpc) is 0.788. The van der Waals surface area contributed by atoms with Crippen LogP contribution in [-0.2, 0) is 44.0 Å². The molecular weight excluding hydrogens is 1750 g/mol. The molecule has 7 aliphatic rings. The van der Waals surface area contributed by atoms with E-state index in [-0.39, 0.29) is 56.5 Å². The third-order valence-corrected chi connectivity index (χ3v) is 28.7. The van der Waals surface area contributed by atoms with Gasteiger partial charge in [0.1, 0.15) is 28.7 Å². The molecule has 0 aliphatic carbocycles. The van der Waals surface area contributed by atoms with Crippen LogP contribution >= 0.6 is 0 Å². The molecule has 0 unspecified atom stereocenters. The Kier molecular flexibility index (Phi) is 39.9. The molecule has 26 heteroatoms. The number of hydrogen-bond donors (Lipinski definition) is 7. The molecule has 2 aromatic carbocycles. The lowest BCUT2D eigenvalue weighted by molar-refractivity contribution is -0.136. The van der Waals surface area contributed by atoms with E-state index in [2.05, 4.69) is 249 Å². The van der Waals surface area contributed by atoms with Crippen molar-refractivity contribution in [3.8, 4) is 0 Å². The molecule has 140 heavy (non-hydrogen) atoms. The minimum atomic E-state index is -0.899. The number of hydrogen-bond acceptors (Lipinski definition) is 22. The maximum Gasteiger partial charge on any atom is 0.321 e. The molecular formula is C114H183N17O9. The number of urea groups is 1. The Morgan fingerprint density at radius 2 is 0.771 bits per heavy atom. The Morgan fingerprint density at radius 3 is 1.14 bits per heavy atom. The van der Waals surface area contributed by atoms with E-state index >= 15 is 0 Å². The highest BCUT2D eigenvalue weighted by Gasteiger charge is 2.45. The molecule has 7 fully saturated rings. The van der Waals surface area contributed by atoms with Gasteiger partial charge in [0.15, 0.2) is 0 Å². The molecule has 778 valence electrons. The number of amides is 4. The van der Waals surface area contributed by atoms with Gasteiger partial charge in [-0.1, -0.05) is 101 Å². The molecule has 0 saturated carbocycles. The quantitative estimate of drug-likeness (QED) is 0.0598. The number of aromatic nitrogens is 5. The van der Waals surface area contributed by atoms with Crippen LogP contribution in [0.1, 0.15) is 301 Å². The van der Waals surface area contributed by atoms with Crippen molar-refractivity contribution in [1.29, 1.82) is 0 Å². The first-order valence-corrected chi connectivity index (χ1v) is 51.5. The van der Waals surface area contributed by atoms with E-state index in [1.807, 2.05) is 137 Å². The Labute approximate surface area is 843 Å². The Hall–Kier alpha value is -8.64. The van der Waals surface area contributed by atoms with Crippen LogP contribution in [0.2, 0.25) is 0 Å². The number of aliphatic hydroxyl groups is 6. The number of nitrogens with zero attached hydrogens (tertiary/aromatic N) is 16. The van der Waals surface area contributed by atoms with Gasteiger partial charge in [0.2, 0.25) is 11.8 Å². The fraction of sp³-hybridized carbons (Fsp3) is 0.649. The van der Waals surface area contributed by atoms with Gasteiger partial charge in [-0.05, 0) is 308 Å². The number of pyridine rings is 5.